The molecule has 0 saturated carbocycles. The van der Waals surface area contributed by atoms with Crippen molar-refractivity contribution in [2.24, 2.45) is 0 Å². The van der Waals surface area contributed by atoms with E-state index in [1.54, 1.807) is 0 Å². The molecule has 2 aromatic carbocycles. The Morgan fingerprint density at radius 1 is 1.06 bits per heavy atom. The number of rotatable bonds is 4. The average molecular weight is 304 g/mol. The van der Waals surface area contributed by atoms with Crippen LogP contribution in [0.5, 0.6) is 0 Å². The largest absolute Gasteiger partial charge is 0.380 e. The molecule has 0 aliphatic carbocycles. The highest BCUT2D eigenvalue weighted by atomic mass is 79.9. The van der Waals surface area contributed by atoms with Gasteiger partial charge in [-0.3, -0.25) is 0 Å². The zero-order valence-electron chi connectivity index (χ0n) is 10.8. The van der Waals surface area contributed by atoms with E-state index in [2.05, 4.69) is 77.6 Å². The summed E-state index contributed by atoms with van der Waals surface area (Å²) in [7, 11) is 0. The minimum absolute atomic E-state index is 0.867. The van der Waals surface area contributed by atoms with Crippen molar-refractivity contribution < 1.29 is 0 Å². The normalized spacial score (nSPS) is 10.4. The van der Waals surface area contributed by atoms with E-state index in [4.69, 9.17) is 0 Å². The van der Waals surface area contributed by atoms with Crippen LogP contribution in [0, 0.1) is 6.92 Å². The molecule has 0 radical (unpaired) electrons. The van der Waals surface area contributed by atoms with Crippen LogP contribution in [-0.4, -0.2) is 0 Å². The Balaban J connectivity index is 2.11. The number of halogens is 1. The lowest BCUT2D eigenvalue weighted by molar-refractivity contribution is 1.04. The zero-order chi connectivity index (χ0) is 13.0. The smallest absolute Gasteiger partial charge is 0.0487 e. The first-order valence-electron chi connectivity index (χ1n) is 6.27. The van der Waals surface area contributed by atoms with Crippen molar-refractivity contribution in [3.8, 4) is 0 Å². The van der Waals surface area contributed by atoms with E-state index in [9.17, 15) is 0 Å². The topological polar surface area (TPSA) is 12.0 Å². The maximum absolute atomic E-state index is 3.59. The fourth-order valence-corrected chi connectivity index (χ4v) is 2.66. The summed E-state index contributed by atoms with van der Waals surface area (Å²) in [6, 6.07) is 15.0. The third-order valence-electron chi connectivity index (χ3n) is 3.09. The van der Waals surface area contributed by atoms with Gasteiger partial charge in [0, 0.05) is 16.7 Å². The molecule has 0 unspecified atom stereocenters. The van der Waals surface area contributed by atoms with E-state index in [1.165, 1.54) is 16.7 Å². The lowest BCUT2D eigenvalue weighted by atomic mass is 10.1. The second kappa shape index (κ2) is 6.05. The summed E-state index contributed by atoms with van der Waals surface area (Å²) in [5, 5.41) is 3.48. The molecule has 1 N–H and O–H groups in total. The first-order chi connectivity index (χ1) is 8.70. The summed E-state index contributed by atoms with van der Waals surface area (Å²) in [6.07, 6.45) is 1.08. The maximum atomic E-state index is 3.59. The average Bonchev–Trinajstić information content (AvgIpc) is 2.38. The van der Waals surface area contributed by atoms with Gasteiger partial charge >= 0.3 is 0 Å². The van der Waals surface area contributed by atoms with Crippen molar-refractivity contribution in [3.63, 3.8) is 0 Å². The predicted molar refractivity (Wildman–Crippen MR) is 82.0 cm³/mol. The molecule has 0 amide bonds. The highest BCUT2D eigenvalue weighted by Gasteiger charge is 2.02. The fraction of sp³-hybridized carbons (Fsp3) is 0.250. The highest BCUT2D eigenvalue weighted by Crippen LogP contribution is 2.24. The number of benzene rings is 2. The summed E-state index contributed by atoms with van der Waals surface area (Å²) < 4.78 is 1.12. The van der Waals surface area contributed by atoms with Gasteiger partial charge in [-0.1, -0.05) is 37.3 Å². The molecule has 0 atom stereocenters. The minimum atomic E-state index is 0.867. The van der Waals surface area contributed by atoms with Gasteiger partial charge in [0.2, 0.25) is 0 Å². The van der Waals surface area contributed by atoms with Gasteiger partial charge in [0.25, 0.3) is 0 Å². The number of nitrogens with one attached hydrogen (secondary N) is 1. The van der Waals surface area contributed by atoms with E-state index in [-0.39, 0.29) is 0 Å². The molecule has 0 bridgehead atoms. The van der Waals surface area contributed by atoms with E-state index >= 15 is 0 Å². The molecule has 94 valence electrons. The molecule has 0 aliphatic rings. The molecular formula is C16H18BrN. The first-order valence-corrected chi connectivity index (χ1v) is 7.07. The lowest BCUT2D eigenvalue weighted by Gasteiger charge is -2.12. The number of aryl methyl sites for hydroxylation is 2. The van der Waals surface area contributed by atoms with E-state index in [0.717, 1.165) is 23.1 Å². The molecule has 0 saturated heterocycles. The van der Waals surface area contributed by atoms with Gasteiger partial charge in [0.15, 0.2) is 0 Å². The second-order valence-electron chi connectivity index (χ2n) is 4.46. The van der Waals surface area contributed by atoms with Crippen LogP contribution in [0.4, 0.5) is 5.69 Å². The van der Waals surface area contributed by atoms with E-state index in [0.29, 0.717) is 0 Å². The monoisotopic (exact) mass is 303 g/mol. The third-order valence-corrected chi connectivity index (χ3v) is 3.75. The predicted octanol–water partition coefficient (Wildman–Crippen LogP) is 4.93. The Morgan fingerprint density at radius 2 is 1.78 bits per heavy atom. The maximum Gasteiger partial charge on any atom is 0.0487 e. The van der Waals surface area contributed by atoms with Crippen molar-refractivity contribution in [2.45, 2.75) is 26.8 Å². The van der Waals surface area contributed by atoms with Crippen molar-refractivity contribution >= 4 is 21.6 Å². The third kappa shape index (κ3) is 3.14. The van der Waals surface area contributed by atoms with Gasteiger partial charge in [-0.2, -0.15) is 0 Å². The number of hydrogen-bond donors (Lipinski definition) is 1. The summed E-state index contributed by atoms with van der Waals surface area (Å²) in [4.78, 5) is 0. The molecule has 2 rings (SSSR count). The van der Waals surface area contributed by atoms with Crippen LogP contribution in [0.15, 0.2) is 46.9 Å². The zero-order valence-corrected chi connectivity index (χ0v) is 12.4. The molecule has 2 aromatic rings. The van der Waals surface area contributed by atoms with Gasteiger partial charge in [-0.25, -0.2) is 0 Å². The van der Waals surface area contributed by atoms with Gasteiger partial charge in [-0.15, -0.1) is 0 Å². The van der Waals surface area contributed by atoms with Crippen LogP contribution in [0.3, 0.4) is 0 Å². The van der Waals surface area contributed by atoms with Crippen LogP contribution >= 0.6 is 15.9 Å². The van der Waals surface area contributed by atoms with Crippen LogP contribution in [0.25, 0.3) is 0 Å². The Kier molecular flexibility index (Phi) is 4.43. The summed E-state index contributed by atoms with van der Waals surface area (Å²) in [5.74, 6) is 0. The van der Waals surface area contributed by atoms with Crippen LogP contribution in [-0.2, 0) is 13.0 Å². The second-order valence-corrected chi connectivity index (χ2v) is 5.31. The molecule has 1 nitrogen and oxygen atoms in total. The minimum Gasteiger partial charge on any atom is -0.380 e. The highest BCUT2D eigenvalue weighted by molar-refractivity contribution is 9.10. The Bertz CT molecular complexity index is 534. The quantitative estimate of drug-likeness (QED) is 0.844. The standard InChI is InChI=1S/C16H18BrN/c1-3-13-6-4-5-7-14(13)11-18-16-9-8-12(2)10-15(16)17/h4-10,18H,3,11H2,1-2H3. The Morgan fingerprint density at radius 3 is 2.44 bits per heavy atom. The van der Waals surface area contributed by atoms with Crippen molar-refractivity contribution in [1.29, 1.82) is 0 Å². The molecule has 0 fully saturated rings. The van der Waals surface area contributed by atoms with Crippen molar-refractivity contribution in [2.75, 3.05) is 5.32 Å². The molecule has 2 heteroatoms. The molecule has 18 heavy (non-hydrogen) atoms. The summed E-state index contributed by atoms with van der Waals surface area (Å²) in [5.41, 5.74) is 5.19. The Hall–Kier alpha value is -1.28. The molecule has 0 spiro atoms. The SMILES string of the molecule is CCc1ccccc1CNc1ccc(C)cc1Br. The lowest BCUT2D eigenvalue weighted by Crippen LogP contribution is -2.03. The number of hydrogen-bond acceptors (Lipinski definition) is 1. The molecular weight excluding hydrogens is 286 g/mol. The van der Waals surface area contributed by atoms with Crippen LogP contribution < -0.4 is 5.32 Å². The molecule has 0 aliphatic heterocycles. The molecule has 0 aromatic heterocycles. The van der Waals surface area contributed by atoms with Crippen molar-refractivity contribution in [1.82, 2.24) is 0 Å². The van der Waals surface area contributed by atoms with Crippen LogP contribution in [0.2, 0.25) is 0 Å². The first kappa shape index (κ1) is 13.2. The summed E-state index contributed by atoms with van der Waals surface area (Å²) >= 11 is 3.59. The van der Waals surface area contributed by atoms with Gasteiger partial charge in [0.05, 0.1) is 0 Å². The van der Waals surface area contributed by atoms with Crippen LogP contribution in [0.1, 0.15) is 23.6 Å². The van der Waals surface area contributed by atoms with Crippen molar-refractivity contribution in [3.05, 3.63) is 63.6 Å². The van der Waals surface area contributed by atoms with E-state index in [1.807, 2.05) is 0 Å². The Labute approximate surface area is 117 Å². The van der Waals surface area contributed by atoms with Gasteiger partial charge in [0.1, 0.15) is 0 Å². The molecule has 0 heterocycles. The number of anilines is 1. The fourth-order valence-electron chi connectivity index (χ4n) is 2.03. The van der Waals surface area contributed by atoms with Gasteiger partial charge in [-0.05, 0) is 58.1 Å². The van der Waals surface area contributed by atoms with E-state index < -0.39 is 0 Å². The summed E-state index contributed by atoms with van der Waals surface area (Å²) in [6.45, 7) is 5.16. The van der Waals surface area contributed by atoms with Gasteiger partial charge < -0.3 is 5.32 Å².